The van der Waals surface area contributed by atoms with E-state index in [0.717, 1.165) is 93.2 Å². The third-order valence-electron chi connectivity index (χ3n) is 10.0. The highest BCUT2D eigenvalue weighted by Gasteiger charge is 2.20. The van der Waals surface area contributed by atoms with Crippen molar-refractivity contribution in [1.82, 2.24) is 19.9 Å². The number of hydrogen-bond acceptors (Lipinski definition) is 6. The molecule has 0 saturated carbocycles. The SMILES string of the molecule is c1ccc2cc(-c3nc(-c4ccc(-c5cccc6oc7cnccc7c56)c5ccccc45)nc(-c4cccc5oc6ccccc6c45)n3)ccc2c1. The second-order valence-electron chi connectivity index (χ2n) is 13.0. The van der Waals surface area contributed by atoms with Gasteiger partial charge in [0.25, 0.3) is 0 Å². The number of benzene rings is 7. The molecule has 11 rings (SSSR count). The minimum Gasteiger partial charge on any atom is -0.456 e. The maximum Gasteiger partial charge on any atom is 0.164 e. The van der Waals surface area contributed by atoms with Crippen molar-refractivity contribution >= 4 is 65.4 Å². The average Bonchev–Trinajstić information content (AvgIpc) is 3.79. The van der Waals surface area contributed by atoms with Crippen molar-refractivity contribution in [3.8, 4) is 45.3 Å². The van der Waals surface area contributed by atoms with Gasteiger partial charge in [0.05, 0.1) is 6.20 Å². The summed E-state index contributed by atoms with van der Waals surface area (Å²) in [6, 6.07) is 49.9. The summed E-state index contributed by atoms with van der Waals surface area (Å²) in [6.07, 6.45) is 3.59. The summed E-state index contributed by atoms with van der Waals surface area (Å²) in [6.45, 7) is 0. The fourth-order valence-corrected chi connectivity index (χ4v) is 7.67. The Hall–Kier alpha value is -7.18. The van der Waals surface area contributed by atoms with Crippen LogP contribution in [0.25, 0.3) is 111 Å². The molecule has 6 heteroatoms. The van der Waals surface area contributed by atoms with E-state index in [1.807, 2.05) is 54.7 Å². The van der Waals surface area contributed by atoms with E-state index in [0.29, 0.717) is 17.5 Å². The van der Waals surface area contributed by atoms with E-state index in [-0.39, 0.29) is 0 Å². The number of hydrogen-bond donors (Lipinski definition) is 0. The zero-order chi connectivity index (χ0) is 34.2. The van der Waals surface area contributed by atoms with Gasteiger partial charge >= 0.3 is 0 Å². The fourth-order valence-electron chi connectivity index (χ4n) is 7.67. The number of furan rings is 2. The van der Waals surface area contributed by atoms with Crippen LogP contribution in [0.1, 0.15) is 0 Å². The number of para-hydroxylation sites is 1. The van der Waals surface area contributed by atoms with Crippen molar-refractivity contribution in [3.05, 3.63) is 158 Å². The number of aromatic nitrogens is 4. The van der Waals surface area contributed by atoms with Gasteiger partial charge in [0.15, 0.2) is 23.1 Å². The van der Waals surface area contributed by atoms with E-state index in [2.05, 4.69) is 102 Å². The smallest absolute Gasteiger partial charge is 0.164 e. The van der Waals surface area contributed by atoms with Crippen LogP contribution in [0, 0.1) is 0 Å². The zero-order valence-electron chi connectivity index (χ0n) is 27.6. The molecule has 0 aliphatic rings. The van der Waals surface area contributed by atoms with Crippen molar-refractivity contribution < 1.29 is 8.83 Å². The molecule has 0 amide bonds. The average molecular weight is 667 g/mol. The Morgan fingerprint density at radius 3 is 1.81 bits per heavy atom. The molecular weight excluding hydrogens is 641 g/mol. The van der Waals surface area contributed by atoms with Crippen molar-refractivity contribution in [3.63, 3.8) is 0 Å². The molecule has 6 nitrogen and oxygen atoms in total. The molecule has 0 radical (unpaired) electrons. The lowest BCUT2D eigenvalue weighted by molar-refractivity contribution is 0.667. The zero-order valence-corrected chi connectivity index (χ0v) is 27.6. The molecule has 0 saturated heterocycles. The Balaban J connectivity index is 1.17. The molecule has 0 bridgehead atoms. The van der Waals surface area contributed by atoms with Gasteiger partial charge in [-0.15, -0.1) is 0 Å². The molecule has 0 fully saturated rings. The molecular formula is C46H26N4O2. The topological polar surface area (TPSA) is 77.8 Å². The third kappa shape index (κ3) is 4.38. The first-order chi connectivity index (χ1) is 25.8. The van der Waals surface area contributed by atoms with Crippen LogP contribution in [-0.4, -0.2) is 19.9 Å². The number of nitrogens with zero attached hydrogens (tertiary/aromatic N) is 4. The second-order valence-corrected chi connectivity index (χ2v) is 13.0. The van der Waals surface area contributed by atoms with Crippen molar-refractivity contribution in [2.24, 2.45) is 0 Å². The van der Waals surface area contributed by atoms with E-state index in [4.69, 9.17) is 23.8 Å². The quantitative estimate of drug-likeness (QED) is 0.186. The normalized spacial score (nSPS) is 11.8. The maximum atomic E-state index is 6.28. The fraction of sp³-hybridized carbons (Fsp3) is 0. The van der Waals surface area contributed by atoms with Gasteiger partial charge in [-0.3, -0.25) is 4.98 Å². The lowest BCUT2D eigenvalue weighted by atomic mass is 9.92. The van der Waals surface area contributed by atoms with Crippen LogP contribution in [0.2, 0.25) is 0 Å². The second kappa shape index (κ2) is 11.2. The first-order valence-electron chi connectivity index (χ1n) is 17.2. The first kappa shape index (κ1) is 28.6. The Labute approximate surface area is 296 Å². The van der Waals surface area contributed by atoms with Crippen LogP contribution in [-0.2, 0) is 0 Å². The molecule has 4 aromatic heterocycles. The number of fused-ring (bicyclic) bond motifs is 8. The van der Waals surface area contributed by atoms with Crippen molar-refractivity contribution in [2.75, 3.05) is 0 Å². The highest BCUT2D eigenvalue weighted by Crippen LogP contribution is 2.42. The maximum absolute atomic E-state index is 6.28. The molecule has 0 aliphatic heterocycles. The van der Waals surface area contributed by atoms with E-state index < -0.39 is 0 Å². The van der Waals surface area contributed by atoms with Gasteiger partial charge < -0.3 is 8.83 Å². The van der Waals surface area contributed by atoms with E-state index >= 15 is 0 Å². The van der Waals surface area contributed by atoms with Crippen LogP contribution < -0.4 is 0 Å². The number of rotatable bonds is 4. The summed E-state index contributed by atoms with van der Waals surface area (Å²) in [5.74, 6) is 1.78. The van der Waals surface area contributed by atoms with Gasteiger partial charge in [0.1, 0.15) is 16.7 Å². The van der Waals surface area contributed by atoms with Crippen molar-refractivity contribution in [1.29, 1.82) is 0 Å². The highest BCUT2D eigenvalue weighted by molar-refractivity contribution is 6.16. The van der Waals surface area contributed by atoms with Gasteiger partial charge in [0.2, 0.25) is 0 Å². The Kier molecular flexibility index (Phi) is 6.15. The summed E-state index contributed by atoms with van der Waals surface area (Å²) >= 11 is 0. The van der Waals surface area contributed by atoms with Gasteiger partial charge in [-0.1, -0.05) is 109 Å². The molecule has 0 atom stereocenters. The summed E-state index contributed by atoms with van der Waals surface area (Å²) in [4.78, 5) is 19.9. The van der Waals surface area contributed by atoms with Crippen LogP contribution in [0.3, 0.4) is 0 Å². The molecule has 52 heavy (non-hydrogen) atoms. The molecule has 7 aromatic carbocycles. The van der Waals surface area contributed by atoms with Crippen LogP contribution in [0.5, 0.6) is 0 Å². The summed E-state index contributed by atoms with van der Waals surface area (Å²) < 4.78 is 12.5. The lowest BCUT2D eigenvalue weighted by Crippen LogP contribution is -2.01. The third-order valence-corrected chi connectivity index (χ3v) is 10.0. The highest BCUT2D eigenvalue weighted by atomic mass is 16.3. The minimum absolute atomic E-state index is 0.585. The van der Waals surface area contributed by atoms with Crippen LogP contribution in [0.15, 0.2) is 167 Å². The van der Waals surface area contributed by atoms with E-state index in [1.165, 1.54) is 0 Å². The minimum atomic E-state index is 0.585. The van der Waals surface area contributed by atoms with Gasteiger partial charge in [-0.25, -0.2) is 15.0 Å². The molecule has 4 heterocycles. The van der Waals surface area contributed by atoms with Crippen LogP contribution in [0.4, 0.5) is 0 Å². The molecule has 242 valence electrons. The van der Waals surface area contributed by atoms with Gasteiger partial charge in [0, 0.05) is 44.4 Å². The van der Waals surface area contributed by atoms with E-state index in [9.17, 15) is 0 Å². The first-order valence-corrected chi connectivity index (χ1v) is 17.2. The summed E-state index contributed by atoms with van der Waals surface area (Å²) in [7, 11) is 0. The Morgan fingerprint density at radius 1 is 0.365 bits per heavy atom. The molecule has 0 unspecified atom stereocenters. The summed E-state index contributed by atoms with van der Waals surface area (Å²) in [5.41, 5.74) is 8.14. The molecule has 0 N–H and O–H groups in total. The largest absolute Gasteiger partial charge is 0.456 e. The monoisotopic (exact) mass is 666 g/mol. The van der Waals surface area contributed by atoms with Crippen molar-refractivity contribution in [2.45, 2.75) is 0 Å². The predicted molar refractivity (Wildman–Crippen MR) is 209 cm³/mol. The summed E-state index contributed by atoms with van der Waals surface area (Å²) in [5, 5.41) is 8.53. The number of pyridine rings is 1. The van der Waals surface area contributed by atoms with E-state index in [1.54, 1.807) is 6.20 Å². The van der Waals surface area contributed by atoms with Gasteiger partial charge in [-0.2, -0.15) is 0 Å². The van der Waals surface area contributed by atoms with Crippen LogP contribution >= 0.6 is 0 Å². The predicted octanol–water partition coefficient (Wildman–Crippen LogP) is 12.0. The Morgan fingerprint density at radius 2 is 0.962 bits per heavy atom. The lowest BCUT2D eigenvalue weighted by Gasteiger charge is -2.14. The standard InChI is InChI=1S/C46H26N4O2/c1-2-10-28-25-29(20-19-27(28)9-1)44-48-45(50-46(49-44)37-15-8-18-40-43(37)35-13-5-6-16-38(35)51-40)34-22-21-32(30-11-3-4-12-31(30)34)33-14-7-17-39-42(33)36-23-24-47-26-41(36)52-39/h1-26H. The molecule has 0 spiro atoms. The molecule has 11 aromatic rings. The molecule has 0 aliphatic carbocycles. The Bertz CT molecular complexity index is 3210. The van der Waals surface area contributed by atoms with Gasteiger partial charge in [-0.05, 0) is 69.1 Å².